The molecule has 32 heavy (non-hydrogen) atoms. The molecule has 0 aliphatic carbocycles. The van der Waals surface area contributed by atoms with Gasteiger partial charge in [-0.15, -0.1) is 0 Å². The molecule has 1 nitrogen and oxygen atoms in total. The van der Waals surface area contributed by atoms with E-state index in [9.17, 15) is 0 Å². The van der Waals surface area contributed by atoms with Crippen molar-refractivity contribution in [3.05, 3.63) is 120 Å². The van der Waals surface area contributed by atoms with Crippen LogP contribution in [0, 0.1) is 0 Å². The van der Waals surface area contributed by atoms with Gasteiger partial charge in [-0.05, 0) is 34.5 Å². The molecule has 0 heterocycles. The molecular weight excluding hydrogens is 411 g/mol. The molecule has 0 N–H and O–H groups in total. The normalized spacial score (nSPS) is 10.8. The monoisotopic (exact) mass is 432 g/mol. The van der Waals surface area contributed by atoms with Crippen molar-refractivity contribution in [2.24, 2.45) is 0 Å². The fourth-order valence-electron chi connectivity index (χ4n) is 4.54. The zero-order chi connectivity index (χ0) is 21.9. The van der Waals surface area contributed by atoms with E-state index in [0.717, 1.165) is 16.9 Å². The van der Waals surface area contributed by atoms with Crippen molar-refractivity contribution in [3.8, 4) is 16.9 Å². The lowest BCUT2D eigenvalue weighted by Gasteiger charge is -2.20. The Morgan fingerprint density at radius 2 is 1.16 bits per heavy atom. The summed E-state index contributed by atoms with van der Waals surface area (Å²) < 4.78 is 5.66. The smallest absolute Gasteiger partial charge is 0.241 e. The van der Waals surface area contributed by atoms with Crippen LogP contribution in [-0.4, -0.2) is 13.8 Å². The molecule has 5 rings (SSSR count). The van der Waals surface area contributed by atoms with E-state index in [1.54, 1.807) is 7.11 Å². The van der Waals surface area contributed by atoms with Gasteiger partial charge in [0.2, 0.25) is 6.71 Å². The van der Waals surface area contributed by atoms with E-state index in [1.165, 1.54) is 27.2 Å². The molecule has 0 fully saturated rings. The maximum atomic E-state index is 6.22. The van der Waals surface area contributed by atoms with E-state index < -0.39 is 0 Å². The zero-order valence-electron chi connectivity index (χ0n) is 17.8. The van der Waals surface area contributed by atoms with E-state index >= 15 is 0 Å². The molecule has 5 aromatic rings. The molecule has 0 spiro atoms. The third-order valence-corrected chi connectivity index (χ3v) is 6.22. The maximum Gasteiger partial charge on any atom is 0.241 e. The second-order valence-electron chi connectivity index (χ2n) is 7.85. The second-order valence-corrected chi connectivity index (χ2v) is 8.28. The van der Waals surface area contributed by atoms with Crippen LogP contribution in [0.2, 0.25) is 5.02 Å². The first-order valence-corrected chi connectivity index (χ1v) is 11.1. The number of methoxy groups -OCH3 is 1. The Labute approximate surface area is 194 Å². The highest BCUT2D eigenvalue weighted by Crippen LogP contribution is 2.36. The highest BCUT2D eigenvalue weighted by molar-refractivity contribution is 6.96. The van der Waals surface area contributed by atoms with Gasteiger partial charge in [-0.2, -0.15) is 0 Å². The summed E-state index contributed by atoms with van der Waals surface area (Å²) in [6.45, 7) is 0.142. The number of rotatable bonds is 5. The molecule has 154 valence electrons. The van der Waals surface area contributed by atoms with E-state index in [4.69, 9.17) is 16.3 Å². The molecule has 0 radical (unpaired) electrons. The van der Waals surface area contributed by atoms with Gasteiger partial charge in [-0.1, -0.05) is 125 Å². The molecule has 0 unspecified atom stereocenters. The number of halogens is 1. The summed E-state index contributed by atoms with van der Waals surface area (Å²) in [7, 11) is 1.69. The zero-order valence-corrected chi connectivity index (χ0v) is 18.6. The third kappa shape index (κ3) is 3.79. The van der Waals surface area contributed by atoms with Gasteiger partial charge in [0, 0.05) is 10.6 Å². The van der Waals surface area contributed by atoms with Crippen LogP contribution in [0.4, 0.5) is 0 Å². The summed E-state index contributed by atoms with van der Waals surface area (Å²) in [5, 5.41) is 3.10. The van der Waals surface area contributed by atoms with Crippen LogP contribution in [0.15, 0.2) is 115 Å². The van der Waals surface area contributed by atoms with Crippen LogP contribution in [0.3, 0.4) is 0 Å². The van der Waals surface area contributed by atoms with E-state index in [0.29, 0.717) is 5.02 Å². The number of benzene rings is 5. The van der Waals surface area contributed by atoms with Crippen LogP contribution in [0.1, 0.15) is 0 Å². The van der Waals surface area contributed by atoms with Crippen molar-refractivity contribution in [1.82, 2.24) is 0 Å². The molecule has 0 atom stereocenters. The first-order chi connectivity index (χ1) is 15.8. The van der Waals surface area contributed by atoms with Gasteiger partial charge in [0.15, 0.2) is 0 Å². The van der Waals surface area contributed by atoms with E-state index in [-0.39, 0.29) is 6.71 Å². The van der Waals surface area contributed by atoms with Gasteiger partial charge in [0.05, 0.1) is 7.11 Å². The van der Waals surface area contributed by atoms with Crippen molar-refractivity contribution < 1.29 is 4.74 Å². The Morgan fingerprint density at radius 3 is 1.78 bits per heavy atom. The Balaban J connectivity index is 1.77. The summed E-state index contributed by atoms with van der Waals surface area (Å²) in [6, 6.07) is 40.3. The minimum Gasteiger partial charge on any atom is -0.496 e. The Bertz CT molecular complexity index is 1330. The van der Waals surface area contributed by atoms with Gasteiger partial charge in [0.25, 0.3) is 0 Å². The van der Waals surface area contributed by atoms with Gasteiger partial charge in [-0.3, -0.25) is 0 Å². The summed E-state index contributed by atoms with van der Waals surface area (Å²) in [5.74, 6) is 0.776. The van der Waals surface area contributed by atoms with E-state index in [1.807, 2.05) is 18.2 Å². The third-order valence-electron chi connectivity index (χ3n) is 5.99. The lowest BCUT2D eigenvalue weighted by atomic mass is 9.36. The van der Waals surface area contributed by atoms with Crippen molar-refractivity contribution in [2.75, 3.05) is 7.11 Å². The maximum absolute atomic E-state index is 6.22. The number of fused-ring (bicyclic) bond motifs is 1. The SMILES string of the molecule is COc1cc(Cl)ccc1-c1ccc(B(c2ccccc2)c2ccccc2)c2ccccc12. The lowest BCUT2D eigenvalue weighted by Crippen LogP contribution is -2.52. The summed E-state index contributed by atoms with van der Waals surface area (Å²) in [6.07, 6.45) is 0. The number of hydrogen-bond donors (Lipinski definition) is 0. The first-order valence-electron chi connectivity index (χ1n) is 10.7. The molecule has 0 bridgehead atoms. The predicted octanol–water partition coefficient (Wildman–Crippen LogP) is 5.69. The molecule has 3 heteroatoms. The Morgan fingerprint density at radius 1 is 0.594 bits per heavy atom. The molecule has 0 aliphatic rings. The number of hydrogen-bond acceptors (Lipinski definition) is 1. The van der Waals surface area contributed by atoms with Crippen LogP contribution in [0.25, 0.3) is 21.9 Å². The molecule has 0 saturated heterocycles. The topological polar surface area (TPSA) is 9.23 Å². The minimum absolute atomic E-state index is 0.142. The molecule has 0 aromatic heterocycles. The highest BCUT2D eigenvalue weighted by Gasteiger charge is 2.24. The van der Waals surface area contributed by atoms with Crippen molar-refractivity contribution in [2.45, 2.75) is 0 Å². The first kappa shape index (κ1) is 20.4. The van der Waals surface area contributed by atoms with Crippen LogP contribution >= 0.6 is 11.6 Å². The van der Waals surface area contributed by atoms with Crippen LogP contribution in [0.5, 0.6) is 5.75 Å². The van der Waals surface area contributed by atoms with Gasteiger partial charge < -0.3 is 4.74 Å². The fourth-order valence-corrected chi connectivity index (χ4v) is 4.70. The van der Waals surface area contributed by atoms with Gasteiger partial charge in [0.1, 0.15) is 5.75 Å². The summed E-state index contributed by atoms with van der Waals surface area (Å²) in [5.41, 5.74) is 6.02. The molecule has 0 amide bonds. The predicted molar refractivity (Wildman–Crippen MR) is 138 cm³/mol. The molecular formula is C29H22BClO. The Kier molecular flexibility index (Phi) is 5.71. The largest absolute Gasteiger partial charge is 0.496 e. The quantitative estimate of drug-likeness (QED) is 0.324. The van der Waals surface area contributed by atoms with Crippen molar-refractivity contribution in [3.63, 3.8) is 0 Å². The van der Waals surface area contributed by atoms with Crippen molar-refractivity contribution in [1.29, 1.82) is 0 Å². The average Bonchev–Trinajstić information content (AvgIpc) is 2.86. The average molecular weight is 433 g/mol. The standard InChI is InChI=1S/C29H22BClO/c1-32-29-20-23(31)16-17-27(29)25-18-19-28(26-15-9-8-14-24(25)26)30(21-10-4-2-5-11-21)22-12-6-3-7-13-22/h2-20H,1H3. The molecule has 0 aliphatic heterocycles. The molecule has 0 saturated carbocycles. The summed E-state index contributed by atoms with van der Waals surface area (Å²) >= 11 is 6.22. The highest BCUT2D eigenvalue weighted by atomic mass is 35.5. The van der Waals surface area contributed by atoms with Crippen LogP contribution in [-0.2, 0) is 0 Å². The van der Waals surface area contributed by atoms with Crippen molar-refractivity contribution >= 4 is 45.5 Å². The Hall–Kier alpha value is -3.49. The minimum atomic E-state index is 0.142. The fraction of sp³-hybridized carbons (Fsp3) is 0.0345. The van der Waals surface area contributed by atoms with Gasteiger partial charge in [-0.25, -0.2) is 0 Å². The van der Waals surface area contributed by atoms with Gasteiger partial charge >= 0.3 is 0 Å². The second kappa shape index (κ2) is 8.94. The van der Waals surface area contributed by atoms with Crippen LogP contribution < -0.4 is 21.1 Å². The summed E-state index contributed by atoms with van der Waals surface area (Å²) in [4.78, 5) is 0. The molecule has 5 aromatic carbocycles. The number of ether oxygens (including phenoxy) is 1. The van der Waals surface area contributed by atoms with E-state index in [2.05, 4.69) is 97.1 Å². The lowest BCUT2D eigenvalue weighted by molar-refractivity contribution is 0.416.